The zero-order valence-electron chi connectivity index (χ0n) is 8.85. The van der Waals surface area contributed by atoms with E-state index >= 15 is 0 Å². The third-order valence-corrected chi connectivity index (χ3v) is 2.67. The van der Waals surface area contributed by atoms with Crippen LogP contribution in [0.3, 0.4) is 0 Å². The molecule has 2 aromatic rings. The number of aromatic nitrogens is 2. The van der Waals surface area contributed by atoms with Gasteiger partial charge in [-0.15, -0.1) is 0 Å². The molecule has 1 aromatic carbocycles. The van der Waals surface area contributed by atoms with Crippen molar-refractivity contribution >= 4 is 22.6 Å². The van der Waals surface area contributed by atoms with Gasteiger partial charge in [-0.25, -0.2) is 9.97 Å². The molecule has 0 aliphatic rings. The molecular weight excluding hydrogens is 315 g/mol. The van der Waals surface area contributed by atoms with Crippen molar-refractivity contribution in [3.63, 3.8) is 0 Å². The largest absolute Gasteiger partial charge is 0.424 e. The fraction of sp³-hybridized carbons (Fsp3) is 0.167. The molecule has 0 fully saturated rings. The van der Waals surface area contributed by atoms with Gasteiger partial charge in [-0.2, -0.15) is 0 Å². The lowest BCUT2D eigenvalue weighted by atomic mass is 10.2. The van der Waals surface area contributed by atoms with Gasteiger partial charge in [0, 0.05) is 16.0 Å². The van der Waals surface area contributed by atoms with Crippen molar-refractivity contribution in [1.29, 1.82) is 0 Å². The molecule has 2 rings (SSSR count). The highest BCUT2D eigenvalue weighted by Gasteiger charge is 2.00. The molecule has 0 spiro atoms. The molecule has 0 aliphatic carbocycles. The first-order chi connectivity index (χ1) is 7.78. The molecule has 0 aliphatic heterocycles. The summed E-state index contributed by atoms with van der Waals surface area (Å²) in [7, 11) is 0. The summed E-state index contributed by atoms with van der Waals surface area (Å²) in [5.74, 6) is 0.778. The fourth-order valence-electron chi connectivity index (χ4n) is 1.29. The third-order valence-electron chi connectivity index (χ3n) is 2.11. The van der Waals surface area contributed by atoms with Crippen LogP contribution in [0.1, 0.15) is 12.5 Å². The van der Waals surface area contributed by atoms with Crippen LogP contribution in [0.15, 0.2) is 36.7 Å². The van der Waals surface area contributed by atoms with E-state index in [4.69, 9.17) is 4.74 Å². The normalized spacial score (nSPS) is 10.1. The van der Waals surface area contributed by atoms with Gasteiger partial charge in [0.1, 0.15) is 5.75 Å². The van der Waals surface area contributed by atoms with E-state index < -0.39 is 0 Å². The van der Waals surface area contributed by atoms with Crippen molar-refractivity contribution in [2.45, 2.75) is 13.3 Å². The molecule has 0 bridgehead atoms. The summed E-state index contributed by atoms with van der Waals surface area (Å²) in [6.45, 7) is 2.11. The summed E-state index contributed by atoms with van der Waals surface area (Å²) >= 11 is 2.16. The van der Waals surface area contributed by atoms with Gasteiger partial charge in [0.25, 0.3) is 0 Å². The maximum absolute atomic E-state index is 5.55. The highest BCUT2D eigenvalue weighted by atomic mass is 127. The Bertz CT molecular complexity index is 471. The quantitative estimate of drug-likeness (QED) is 0.811. The standard InChI is InChI=1S/C12H11IN2O/c1-2-9-4-3-5-11(6-9)16-12-14-7-10(13)8-15-12/h3-8H,2H2,1H3. The molecule has 0 saturated carbocycles. The molecule has 4 heteroatoms. The SMILES string of the molecule is CCc1cccc(Oc2ncc(I)cn2)c1. The average Bonchev–Trinajstić information content (AvgIpc) is 2.32. The first kappa shape index (κ1) is 11.3. The minimum Gasteiger partial charge on any atom is -0.424 e. The van der Waals surface area contributed by atoms with Gasteiger partial charge in [-0.1, -0.05) is 19.1 Å². The van der Waals surface area contributed by atoms with Crippen LogP contribution in [-0.2, 0) is 6.42 Å². The topological polar surface area (TPSA) is 35.0 Å². The van der Waals surface area contributed by atoms with Crippen LogP contribution in [0.5, 0.6) is 11.8 Å². The van der Waals surface area contributed by atoms with E-state index in [-0.39, 0.29) is 0 Å². The lowest BCUT2D eigenvalue weighted by Crippen LogP contribution is -1.92. The van der Waals surface area contributed by atoms with E-state index in [0.717, 1.165) is 15.7 Å². The average molecular weight is 326 g/mol. The molecule has 1 aromatic heterocycles. The third kappa shape index (κ3) is 2.91. The van der Waals surface area contributed by atoms with Crippen LogP contribution in [0.4, 0.5) is 0 Å². The first-order valence-corrected chi connectivity index (χ1v) is 6.10. The van der Waals surface area contributed by atoms with Crippen LogP contribution >= 0.6 is 22.6 Å². The summed E-state index contributed by atoms with van der Waals surface area (Å²) in [4.78, 5) is 8.18. The van der Waals surface area contributed by atoms with Crippen LogP contribution in [0.2, 0.25) is 0 Å². The smallest absolute Gasteiger partial charge is 0.321 e. The number of benzene rings is 1. The molecule has 3 nitrogen and oxygen atoms in total. The number of ether oxygens (including phenoxy) is 1. The zero-order valence-corrected chi connectivity index (χ0v) is 11.0. The second-order valence-corrected chi connectivity index (χ2v) is 4.53. The minimum atomic E-state index is 0.383. The van der Waals surface area contributed by atoms with Gasteiger partial charge in [-0.05, 0) is 46.7 Å². The molecule has 0 atom stereocenters. The Morgan fingerprint density at radius 3 is 2.69 bits per heavy atom. The van der Waals surface area contributed by atoms with E-state index in [1.807, 2.05) is 18.2 Å². The van der Waals surface area contributed by atoms with E-state index in [2.05, 4.69) is 45.5 Å². The van der Waals surface area contributed by atoms with Gasteiger partial charge < -0.3 is 4.74 Å². The predicted octanol–water partition coefficient (Wildman–Crippen LogP) is 3.44. The van der Waals surface area contributed by atoms with Gasteiger partial charge >= 0.3 is 6.01 Å². The van der Waals surface area contributed by atoms with Gasteiger partial charge in [0.05, 0.1) is 0 Å². The Balaban J connectivity index is 2.16. The molecular formula is C12H11IN2O. The Hall–Kier alpha value is -1.17. The molecule has 0 saturated heterocycles. The van der Waals surface area contributed by atoms with E-state index in [1.165, 1.54) is 5.56 Å². The van der Waals surface area contributed by atoms with Crippen molar-refractivity contribution in [3.8, 4) is 11.8 Å². The summed E-state index contributed by atoms with van der Waals surface area (Å²) in [6, 6.07) is 8.33. The summed E-state index contributed by atoms with van der Waals surface area (Å²) < 4.78 is 6.54. The monoisotopic (exact) mass is 326 g/mol. The maximum Gasteiger partial charge on any atom is 0.321 e. The van der Waals surface area contributed by atoms with E-state index in [1.54, 1.807) is 12.4 Å². The Morgan fingerprint density at radius 2 is 2.00 bits per heavy atom. The van der Waals surface area contributed by atoms with Crippen LogP contribution < -0.4 is 4.74 Å². The van der Waals surface area contributed by atoms with Crippen molar-refractivity contribution in [2.75, 3.05) is 0 Å². The van der Waals surface area contributed by atoms with Crippen molar-refractivity contribution < 1.29 is 4.74 Å². The second kappa shape index (κ2) is 5.25. The number of rotatable bonds is 3. The van der Waals surface area contributed by atoms with E-state index in [0.29, 0.717) is 6.01 Å². The van der Waals surface area contributed by atoms with Crippen LogP contribution in [0, 0.1) is 3.57 Å². The second-order valence-electron chi connectivity index (χ2n) is 3.29. The van der Waals surface area contributed by atoms with Crippen molar-refractivity contribution in [2.24, 2.45) is 0 Å². The van der Waals surface area contributed by atoms with Gasteiger partial charge in [0.2, 0.25) is 0 Å². The van der Waals surface area contributed by atoms with Crippen molar-refractivity contribution in [3.05, 3.63) is 45.8 Å². The predicted molar refractivity (Wildman–Crippen MR) is 70.6 cm³/mol. The van der Waals surface area contributed by atoms with Crippen LogP contribution in [-0.4, -0.2) is 9.97 Å². The van der Waals surface area contributed by atoms with E-state index in [9.17, 15) is 0 Å². The van der Waals surface area contributed by atoms with Gasteiger partial charge in [-0.3, -0.25) is 0 Å². The molecule has 82 valence electrons. The zero-order chi connectivity index (χ0) is 11.4. The molecule has 0 radical (unpaired) electrons. The number of aryl methyl sites for hydroxylation is 1. The first-order valence-electron chi connectivity index (χ1n) is 5.02. The number of halogens is 1. The Morgan fingerprint density at radius 1 is 1.25 bits per heavy atom. The molecule has 0 unspecified atom stereocenters. The molecule has 16 heavy (non-hydrogen) atoms. The molecule has 1 heterocycles. The summed E-state index contributed by atoms with van der Waals surface area (Å²) in [5, 5.41) is 0. The Labute approximate surface area is 108 Å². The van der Waals surface area contributed by atoms with Crippen molar-refractivity contribution in [1.82, 2.24) is 9.97 Å². The number of hydrogen-bond acceptors (Lipinski definition) is 3. The molecule has 0 amide bonds. The molecule has 0 N–H and O–H groups in total. The lowest BCUT2D eigenvalue weighted by Gasteiger charge is -2.04. The maximum atomic E-state index is 5.55. The highest BCUT2D eigenvalue weighted by molar-refractivity contribution is 14.1. The highest BCUT2D eigenvalue weighted by Crippen LogP contribution is 2.19. The fourth-order valence-corrected chi connectivity index (χ4v) is 1.57. The summed E-state index contributed by atoms with van der Waals surface area (Å²) in [5.41, 5.74) is 1.24. The van der Waals surface area contributed by atoms with Crippen LogP contribution in [0.25, 0.3) is 0 Å². The minimum absolute atomic E-state index is 0.383. The number of hydrogen-bond donors (Lipinski definition) is 0. The summed E-state index contributed by atoms with van der Waals surface area (Å²) in [6.07, 6.45) is 4.45. The number of nitrogens with zero attached hydrogens (tertiary/aromatic N) is 2. The van der Waals surface area contributed by atoms with Gasteiger partial charge in [0.15, 0.2) is 0 Å². The lowest BCUT2D eigenvalue weighted by molar-refractivity contribution is 0.441. The Kier molecular flexibility index (Phi) is 3.71.